The minimum Gasteiger partial charge on any atom is -0.486 e. The second-order valence-corrected chi connectivity index (χ2v) is 8.78. The van der Waals surface area contributed by atoms with Crippen LogP contribution in [0.3, 0.4) is 0 Å². The zero-order valence-corrected chi connectivity index (χ0v) is 16.7. The van der Waals surface area contributed by atoms with Crippen LogP contribution >= 0.6 is 0 Å². The summed E-state index contributed by atoms with van der Waals surface area (Å²) in [5.41, 5.74) is 0.910. The van der Waals surface area contributed by atoms with Crippen LogP contribution in [0.25, 0.3) is 0 Å². The van der Waals surface area contributed by atoms with E-state index in [0.29, 0.717) is 44.3 Å². The van der Waals surface area contributed by atoms with Crippen LogP contribution in [-0.2, 0) is 16.6 Å². The fourth-order valence-corrected chi connectivity index (χ4v) is 4.80. The molecule has 0 spiro atoms. The zero-order valence-electron chi connectivity index (χ0n) is 15.9. The van der Waals surface area contributed by atoms with Crippen LogP contribution in [0, 0.1) is 0 Å². The number of fused-ring (bicyclic) bond motifs is 1. The topological polar surface area (TPSA) is 88.2 Å². The zero-order chi connectivity index (χ0) is 20.3. The van der Waals surface area contributed by atoms with Crippen molar-refractivity contribution in [2.45, 2.75) is 11.4 Å². The average molecular weight is 417 g/mol. The molecule has 2 aliphatic heterocycles. The number of carbonyl (C=O) groups is 1. The molecule has 0 unspecified atom stereocenters. The lowest BCUT2D eigenvalue weighted by Crippen LogP contribution is -2.52. The maximum atomic E-state index is 12.7. The first kappa shape index (κ1) is 19.5. The number of hydrogen-bond acceptors (Lipinski definition) is 5. The summed E-state index contributed by atoms with van der Waals surface area (Å²) in [4.78, 5) is 14.4. The second-order valence-electron chi connectivity index (χ2n) is 6.84. The van der Waals surface area contributed by atoms with E-state index in [1.54, 1.807) is 35.2 Å². The summed E-state index contributed by atoms with van der Waals surface area (Å²) in [5.74, 6) is 1.39. The first-order valence-corrected chi connectivity index (χ1v) is 10.9. The van der Waals surface area contributed by atoms with Gasteiger partial charge in [-0.05, 0) is 29.8 Å². The number of piperazine rings is 1. The molecule has 2 aliphatic rings. The van der Waals surface area contributed by atoms with Gasteiger partial charge in [-0.1, -0.05) is 24.3 Å². The Bertz CT molecular complexity index is 973. The molecule has 2 aromatic rings. The van der Waals surface area contributed by atoms with Crippen LogP contribution < -0.4 is 14.8 Å². The maximum absolute atomic E-state index is 12.7. The smallest absolute Gasteiger partial charge is 0.317 e. The Labute approximate surface area is 170 Å². The lowest BCUT2D eigenvalue weighted by molar-refractivity contribution is 0.170. The monoisotopic (exact) mass is 417 g/mol. The number of sulfonamides is 1. The molecule has 154 valence electrons. The van der Waals surface area contributed by atoms with Gasteiger partial charge in [0.05, 0.1) is 4.90 Å². The lowest BCUT2D eigenvalue weighted by Gasteiger charge is -2.34. The molecule has 0 aromatic heterocycles. The van der Waals surface area contributed by atoms with Gasteiger partial charge in [-0.2, -0.15) is 4.31 Å². The molecule has 4 rings (SSSR count). The second kappa shape index (κ2) is 8.30. The molecule has 1 fully saturated rings. The molecule has 2 aromatic carbocycles. The van der Waals surface area contributed by atoms with Crippen molar-refractivity contribution in [3.8, 4) is 11.5 Å². The van der Waals surface area contributed by atoms with E-state index < -0.39 is 10.0 Å². The Hall–Kier alpha value is -2.78. The quantitative estimate of drug-likeness (QED) is 0.818. The number of benzene rings is 2. The van der Waals surface area contributed by atoms with Crippen LogP contribution in [0.1, 0.15) is 5.56 Å². The molecular weight excluding hydrogens is 394 g/mol. The highest BCUT2D eigenvalue weighted by Gasteiger charge is 2.29. The van der Waals surface area contributed by atoms with Gasteiger partial charge in [-0.15, -0.1) is 0 Å². The fourth-order valence-electron chi connectivity index (χ4n) is 3.36. The van der Waals surface area contributed by atoms with Gasteiger partial charge < -0.3 is 19.7 Å². The molecule has 9 heteroatoms. The third-order valence-corrected chi connectivity index (χ3v) is 6.87. The fraction of sp³-hybridized carbons (Fsp3) is 0.350. The molecule has 29 heavy (non-hydrogen) atoms. The Morgan fingerprint density at radius 3 is 2.34 bits per heavy atom. The van der Waals surface area contributed by atoms with Crippen LogP contribution in [-0.4, -0.2) is 63.0 Å². The Kier molecular flexibility index (Phi) is 5.59. The van der Waals surface area contributed by atoms with Gasteiger partial charge >= 0.3 is 6.03 Å². The standard InChI is InChI=1S/C20H23N3O5S/c24-20(21-15-16-6-7-18-19(14-16)28-13-12-27-18)22-8-10-23(11-9-22)29(25,26)17-4-2-1-3-5-17/h1-7,14H,8-13,15H2,(H,21,24). The van der Waals surface area contributed by atoms with Crippen molar-refractivity contribution in [1.82, 2.24) is 14.5 Å². The molecule has 2 amide bonds. The number of carbonyl (C=O) groups excluding carboxylic acids is 1. The van der Waals surface area contributed by atoms with Crippen molar-refractivity contribution in [2.24, 2.45) is 0 Å². The van der Waals surface area contributed by atoms with E-state index in [-0.39, 0.29) is 24.0 Å². The predicted octanol–water partition coefficient (Wildman–Crippen LogP) is 1.67. The first-order valence-electron chi connectivity index (χ1n) is 9.50. The van der Waals surface area contributed by atoms with Crippen molar-refractivity contribution >= 4 is 16.1 Å². The van der Waals surface area contributed by atoms with E-state index in [1.165, 1.54) is 4.31 Å². The molecule has 0 aliphatic carbocycles. The SMILES string of the molecule is O=C(NCc1ccc2c(c1)OCCO2)N1CCN(S(=O)(=O)c2ccccc2)CC1. The van der Waals surface area contributed by atoms with Gasteiger partial charge in [0.25, 0.3) is 0 Å². The summed E-state index contributed by atoms with van der Waals surface area (Å²) in [7, 11) is -3.53. The largest absolute Gasteiger partial charge is 0.486 e. The highest BCUT2D eigenvalue weighted by Crippen LogP contribution is 2.30. The minimum atomic E-state index is -3.53. The lowest BCUT2D eigenvalue weighted by atomic mass is 10.2. The highest BCUT2D eigenvalue weighted by molar-refractivity contribution is 7.89. The third kappa shape index (κ3) is 4.30. The summed E-state index contributed by atoms with van der Waals surface area (Å²) in [6, 6.07) is 13.7. The van der Waals surface area contributed by atoms with E-state index in [4.69, 9.17) is 9.47 Å². The number of hydrogen-bond donors (Lipinski definition) is 1. The van der Waals surface area contributed by atoms with Crippen LogP contribution in [0.5, 0.6) is 11.5 Å². The number of amides is 2. The summed E-state index contributed by atoms with van der Waals surface area (Å²) >= 11 is 0. The summed E-state index contributed by atoms with van der Waals surface area (Å²) in [5, 5.41) is 2.88. The Morgan fingerprint density at radius 2 is 1.62 bits per heavy atom. The van der Waals surface area contributed by atoms with Gasteiger partial charge in [0.15, 0.2) is 11.5 Å². The normalized spacial score (nSPS) is 17.0. The van der Waals surface area contributed by atoms with Gasteiger partial charge in [0, 0.05) is 32.7 Å². The van der Waals surface area contributed by atoms with Crippen molar-refractivity contribution in [3.63, 3.8) is 0 Å². The number of urea groups is 1. The molecule has 0 radical (unpaired) electrons. The average Bonchev–Trinajstić information content (AvgIpc) is 2.78. The number of nitrogens with zero attached hydrogens (tertiary/aromatic N) is 2. The molecule has 0 saturated carbocycles. The van der Waals surface area contributed by atoms with Gasteiger partial charge in [0.2, 0.25) is 10.0 Å². The molecule has 8 nitrogen and oxygen atoms in total. The molecule has 2 heterocycles. The maximum Gasteiger partial charge on any atom is 0.317 e. The molecule has 1 N–H and O–H groups in total. The molecule has 1 saturated heterocycles. The van der Waals surface area contributed by atoms with E-state index in [0.717, 1.165) is 5.56 Å². The highest BCUT2D eigenvalue weighted by atomic mass is 32.2. The van der Waals surface area contributed by atoms with E-state index in [1.807, 2.05) is 18.2 Å². The Balaban J connectivity index is 1.30. The van der Waals surface area contributed by atoms with Crippen molar-refractivity contribution in [2.75, 3.05) is 39.4 Å². The van der Waals surface area contributed by atoms with E-state index in [2.05, 4.69) is 5.32 Å². The van der Waals surface area contributed by atoms with Gasteiger partial charge in [-0.3, -0.25) is 0 Å². The Morgan fingerprint density at radius 1 is 0.931 bits per heavy atom. The third-order valence-electron chi connectivity index (χ3n) is 4.96. The summed E-state index contributed by atoms with van der Waals surface area (Å²) in [6.45, 7) is 2.65. The summed E-state index contributed by atoms with van der Waals surface area (Å²) < 4.78 is 37.8. The molecule has 0 bridgehead atoms. The van der Waals surface area contributed by atoms with Crippen molar-refractivity contribution in [3.05, 3.63) is 54.1 Å². The van der Waals surface area contributed by atoms with Crippen LogP contribution in [0.4, 0.5) is 4.79 Å². The number of rotatable bonds is 4. The van der Waals surface area contributed by atoms with Crippen molar-refractivity contribution in [1.29, 1.82) is 0 Å². The van der Waals surface area contributed by atoms with E-state index >= 15 is 0 Å². The van der Waals surface area contributed by atoms with Crippen LogP contribution in [0.2, 0.25) is 0 Å². The van der Waals surface area contributed by atoms with Crippen LogP contribution in [0.15, 0.2) is 53.4 Å². The molecule has 0 atom stereocenters. The van der Waals surface area contributed by atoms with E-state index in [9.17, 15) is 13.2 Å². The number of ether oxygens (including phenoxy) is 2. The predicted molar refractivity (Wildman–Crippen MR) is 106 cm³/mol. The van der Waals surface area contributed by atoms with Crippen molar-refractivity contribution < 1.29 is 22.7 Å². The van der Waals surface area contributed by atoms with Gasteiger partial charge in [0.1, 0.15) is 13.2 Å². The first-order chi connectivity index (χ1) is 14.0. The molecular formula is C20H23N3O5S. The summed E-state index contributed by atoms with van der Waals surface area (Å²) in [6.07, 6.45) is 0. The number of nitrogens with one attached hydrogen (secondary N) is 1. The minimum absolute atomic E-state index is 0.211. The van der Waals surface area contributed by atoms with Gasteiger partial charge in [-0.25, -0.2) is 13.2 Å².